The lowest BCUT2D eigenvalue weighted by atomic mass is 10.00. The highest BCUT2D eigenvalue weighted by molar-refractivity contribution is 9.10. The lowest BCUT2D eigenvalue weighted by Gasteiger charge is -2.29. The first-order valence-electron chi connectivity index (χ1n) is 9.88. The molecule has 2 aromatic rings. The Hall–Kier alpha value is -2.03. The van der Waals surface area contributed by atoms with E-state index in [0.29, 0.717) is 36.0 Å². The Labute approximate surface area is 184 Å². The van der Waals surface area contributed by atoms with E-state index < -0.39 is 10.0 Å². The van der Waals surface area contributed by atoms with Crippen molar-refractivity contribution in [2.75, 3.05) is 13.1 Å². The van der Waals surface area contributed by atoms with Crippen molar-refractivity contribution in [1.29, 1.82) is 0 Å². The van der Waals surface area contributed by atoms with Crippen LogP contribution in [0.15, 0.2) is 57.4 Å². The molecule has 0 unspecified atom stereocenters. The van der Waals surface area contributed by atoms with Crippen molar-refractivity contribution in [3.63, 3.8) is 0 Å². The van der Waals surface area contributed by atoms with Crippen LogP contribution < -0.4 is 4.72 Å². The molecule has 0 bridgehead atoms. The van der Waals surface area contributed by atoms with Gasteiger partial charge in [0, 0.05) is 23.6 Å². The standard InChI is InChI=1S/C22H22BrFN2O3S/c23-21-7-6-19(30(28,29)25-18-4-5-18)14-20(21)22(27)26-10-8-15(9-11-26)12-16-2-1-3-17(24)13-16/h1-3,6-7,12-14,18,25H,4-5,8-11H2. The van der Waals surface area contributed by atoms with Crippen LogP contribution in [0, 0.1) is 5.82 Å². The number of nitrogens with zero attached hydrogens (tertiary/aromatic N) is 1. The first kappa shape index (κ1) is 21.2. The average Bonchev–Trinajstić information content (AvgIpc) is 3.51. The Morgan fingerprint density at radius 3 is 2.53 bits per heavy atom. The summed E-state index contributed by atoms with van der Waals surface area (Å²) in [5, 5.41) is 0. The molecule has 2 aromatic carbocycles. The van der Waals surface area contributed by atoms with Crippen molar-refractivity contribution in [2.45, 2.75) is 36.6 Å². The van der Waals surface area contributed by atoms with Gasteiger partial charge in [-0.25, -0.2) is 17.5 Å². The van der Waals surface area contributed by atoms with Crippen molar-refractivity contribution in [3.05, 3.63) is 69.5 Å². The monoisotopic (exact) mass is 492 g/mol. The highest BCUT2D eigenvalue weighted by Gasteiger charge is 2.29. The van der Waals surface area contributed by atoms with E-state index in [0.717, 1.165) is 24.0 Å². The normalized spacial score (nSPS) is 17.1. The molecule has 1 amide bonds. The van der Waals surface area contributed by atoms with Gasteiger partial charge in [-0.1, -0.05) is 23.8 Å². The zero-order chi connectivity index (χ0) is 21.3. The van der Waals surface area contributed by atoms with Crippen LogP contribution in [0.3, 0.4) is 0 Å². The number of carbonyl (C=O) groups is 1. The van der Waals surface area contributed by atoms with Crippen LogP contribution in [-0.2, 0) is 10.0 Å². The number of amides is 1. The largest absolute Gasteiger partial charge is 0.338 e. The number of piperidine rings is 1. The van der Waals surface area contributed by atoms with E-state index in [1.54, 1.807) is 17.0 Å². The number of nitrogens with one attached hydrogen (secondary N) is 1. The van der Waals surface area contributed by atoms with Crippen molar-refractivity contribution < 1.29 is 17.6 Å². The average molecular weight is 493 g/mol. The molecular formula is C22H22BrFN2O3S. The molecule has 2 fully saturated rings. The van der Waals surface area contributed by atoms with Crippen LogP contribution in [0.2, 0.25) is 0 Å². The molecule has 1 aliphatic carbocycles. The van der Waals surface area contributed by atoms with Crippen molar-refractivity contribution in [3.8, 4) is 0 Å². The molecule has 0 spiro atoms. The molecule has 1 saturated heterocycles. The lowest BCUT2D eigenvalue weighted by Crippen LogP contribution is -2.36. The van der Waals surface area contributed by atoms with Gasteiger partial charge in [-0.05, 0) is 77.5 Å². The summed E-state index contributed by atoms with van der Waals surface area (Å²) < 4.78 is 41.6. The van der Waals surface area contributed by atoms with E-state index in [2.05, 4.69) is 20.7 Å². The summed E-state index contributed by atoms with van der Waals surface area (Å²) in [7, 11) is -3.63. The fraction of sp³-hybridized carbons (Fsp3) is 0.318. The zero-order valence-corrected chi connectivity index (χ0v) is 18.7. The van der Waals surface area contributed by atoms with Crippen LogP contribution in [0.1, 0.15) is 41.6 Å². The zero-order valence-electron chi connectivity index (χ0n) is 16.3. The molecule has 158 valence electrons. The van der Waals surface area contributed by atoms with Gasteiger partial charge in [0.15, 0.2) is 0 Å². The fourth-order valence-corrected chi connectivity index (χ4v) is 5.21. The van der Waals surface area contributed by atoms with E-state index in [9.17, 15) is 17.6 Å². The number of benzene rings is 2. The van der Waals surface area contributed by atoms with Gasteiger partial charge < -0.3 is 4.90 Å². The number of sulfonamides is 1. The molecule has 2 aliphatic rings. The highest BCUT2D eigenvalue weighted by Crippen LogP contribution is 2.27. The van der Waals surface area contributed by atoms with Gasteiger partial charge in [0.1, 0.15) is 5.82 Å². The van der Waals surface area contributed by atoms with Gasteiger partial charge in [0.2, 0.25) is 10.0 Å². The first-order chi connectivity index (χ1) is 14.3. The number of likely N-dealkylation sites (tertiary alicyclic amines) is 1. The Balaban J connectivity index is 1.47. The third kappa shape index (κ3) is 4.99. The number of halogens is 2. The molecule has 8 heteroatoms. The molecule has 1 aliphatic heterocycles. The summed E-state index contributed by atoms with van der Waals surface area (Å²) in [6.45, 7) is 1.06. The molecule has 0 radical (unpaired) electrons. The lowest BCUT2D eigenvalue weighted by molar-refractivity contribution is 0.0743. The van der Waals surface area contributed by atoms with Crippen molar-refractivity contribution >= 4 is 37.9 Å². The number of hydrogen-bond acceptors (Lipinski definition) is 3. The predicted octanol–water partition coefficient (Wildman–Crippen LogP) is 4.35. The van der Waals surface area contributed by atoms with Gasteiger partial charge in [-0.15, -0.1) is 0 Å². The molecule has 4 rings (SSSR count). The van der Waals surface area contributed by atoms with Crippen LogP contribution in [0.4, 0.5) is 4.39 Å². The maximum Gasteiger partial charge on any atom is 0.255 e. The Morgan fingerprint density at radius 1 is 1.13 bits per heavy atom. The first-order valence-corrected chi connectivity index (χ1v) is 12.2. The summed E-state index contributed by atoms with van der Waals surface area (Å²) >= 11 is 3.38. The number of rotatable bonds is 5. The summed E-state index contributed by atoms with van der Waals surface area (Å²) in [6.07, 6.45) is 5.06. The summed E-state index contributed by atoms with van der Waals surface area (Å²) in [4.78, 5) is 14.9. The van der Waals surface area contributed by atoms with Crippen LogP contribution >= 0.6 is 15.9 Å². The van der Waals surface area contributed by atoms with Crippen LogP contribution in [0.5, 0.6) is 0 Å². The minimum atomic E-state index is -3.63. The van der Waals surface area contributed by atoms with Gasteiger partial charge >= 0.3 is 0 Å². The molecule has 1 saturated carbocycles. The molecule has 30 heavy (non-hydrogen) atoms. The minimum Gasteiger partial charge on any atom is -0.338 e. The second kappa shape index (κ2) is 8.61. The SMILES string of the molecule is O=C(c1cc(S(=O)(=O)NC2CC2)ccc1Br)N1CCC(=Cc2cccc(F)c2)CC1. The maximum atomic E-state index is 13.4. The molecule has 0 atom stereocenters. The third-order valence-corrected chi connectivity index (χ3v) is 7.50. The summed E-state index contributed by atoms with van der Waals surface area (Å²) in [5.74, 6) is -0.469. The smallest absolute Gasteiger partial charge is 0.255 e. The fourth-order valence-electron chi connectivity index (χ4n) is 3.47. The number of carbonyl (C=O) groups excluding carboxylic acids is 1. The van der Waals surface area contributed by atoms with E-state index in [1.165, 1.54) is 24.3 Å². The highest BCUT2D eigenvalue weighted by atomic mass is 79.9. The molecular weight excluding hydrogens is 471 g/mol. The van der Waals surface area contributed by atoms with Gasteiger partial charge in [-0.2, -0.15) is 0 Å². The van der Waals surface area contributed by atoms with E-state index in [-0.39, 0.29) is 22.7 Å². The maximum absolute atomic E-state index is 13.4. The molecule has 0 aromatic heterocycles. The Bertz CT molecular complexity index is 1100. The van der Waals surface area contributed by atoms with Gasteiger partial charge in [0.05, 0.1) is 10.5 Å². The summed E-state index contributed by atoms with van der Waals surface area (Å²) in [5.41, 5.74) is 2.31. The number of hydrogen-bond donors (Lipinski definition) is 1. The van der Waals surface area contributed by atoms with Crippen molar-refractivity contribution in [2.24, 2.45) is 0 Å². The van der Waals surface area contributed by atoms with Crippen molar-refractivity contribution in [1.82, 2.24) is 9.62 Å². The summed E-state index contributed by atoms with van der Waals surface area (Å²) in [6, 6.07) is 11.0. The Kier molecular flexibility index (Phi) is 6.09. The molecule has 5 nitrogen and oxygen atoms in total. The Morgan fingerprint density at radius 2 is 1.87 bits per heavy atom. The quantitative estimate of drug-likeness (QED) is 0.674. The minimum absolute atomic E-state index is 0.00295. The van der Waals surface area contributed by atoms with Gasteiger partial charge in [0.25, 0.3) is 5.91 Å². The van der Waals surface area contributed by atoms with E-state index in [4.69, 9.17) is 0 Å². The van der Waals surface area contributed by atoms with Gasteiger partial charge in [-0.3, -0.25) is 4.79 Å². The predicted molar refractivity (Wildman–Crippen MR) is 117 cm³/mol. The third-order valence-electron chi connectivity index (χ3n) is 5.29. The van der Waals surface area contributed by atoms with Crippen LogP contribution in [-0.4, -0.2) is 38.4 Å². The molecule has 1 N–H and O–H groups in total. The van der Waals surface area contributed by atoms with E-state index in [1.807, 2.05) is 12.1 Å². The second-order valence-corrected chi connectivity index (χ2v) is 10.3. The topological polar surface area (TPSA) is 66.5 Å². The van der Waals surface area contributed by atoms with Crippen LogP contribution in [0.25, 0.3) is 6.08 Å². The van der Waals surface area contributed by atoms with E-state index >= 15 is 0 Å². The second-order valence-electron chi connectivity index (χ2n) is 7.69. The molecule has 1 heterocycles.